The van der Waals surface area contributed by atoms with Crippen molar-refractivity contribution in [2.45, 2.75) is 13.1 Å². The van der Waals surface area contributed by atoms with Crippen LogP contribution in [0.2, 0.25) is 0 Å². The maximum absolute atomic E-state index is 12.7. The highest BCUT2D eigenvalue weighted by Gasteiger charge is 2.34. The SMILES string of the molecule is COc1cc2cccc(C)c2nc1-c1nc(C(F)(F)F)cs1. The molecule has 0 spiro atoms. The highest BCUT2D eigenvalue weighted by atomic mass is 32.1. The summed E-state index contributed by atoms with van der Waals surface area (Å²) in [6, 6.07) is 7.43. The summed E-state index contributed by atoms with van der Waals surface area (Å²) in [4.78, 5) is 8.11. The highest BCUT2D eigenvalue weighted by Crippen LogP contribution is 2.37. The zero-order valence-corrected chi connectivity index (χ0v) is 12.5. The zero-order chi connectivity index (χ0) is 15.9. The number of halogens is 3. The number of aromatic nitrogens is 2. The van der Waals surface area contributed by atoms with Crippen LogP contribution in [-0.4, -0.2) is 17.1 Å². The predicted molar refractivity (Wildman–Crippen MR) is 79.1 cm³/mol. The van der Waals surface area contributed by atoms with Gasteiger partial charge in [-0.25, -0.2) is 9.97 Å². The van der Waals surface area contributed by atoms with Gasteiger partial charge in [-0.3, -0.25) is 0 Å². The highest BCUT2D eigenvalue weighted by molar-refractivity contribution is 7.13. The predicted octanol–water partition coefficient (Wildman–Crippen LogP) is 4.69. The summed E-state index contributed by atoms with van der Waals surface area (Å²) in [5.41, 5.74) is 1.07. The number of pyridine rings is 1. The van der Waals surface area contributed by atoms with Crippen LogP contribution in [0.25, 0.3) is 21.6 Å². The number of fused-ring (bicyclic) bond motifs is 1. The van der Waals surface area contributed by atoms with Crippen LogP contribution in [0.3, 0.4) is 0 Å². The molecule has 22 heavy (non-hydrogen) atoms. The number of thiazole rings is 1. The van der Waals surface area contributed by atoms with Gasteiger partial charge in [0.1, 0.15) is 16.5 Å². The van der Waals surface area contributed by atoms with E-state index in [-0.39, 0.29) is 5.01 Å². The molecule has 0 amide bonds. The van der Waals surface area contributed by atoms with Crippen LogP contribution in [0.15, 0.2) is 29.6 Å². The molecule has 0 bridgehead atoms. The van der Waals surface area contributed by atoms with Crippen molar-refractivity contribution in [3.63, 3.8) is 0 Å². The van der Waals surface area contributed by atoms with Gasteiger partial charge in [-0.1, -0.05) is 18.2 Å². The van der Waals surface area contributed by atoms with Crippen LogP contribution < -0.4 is 4.74 Å². The van der Waals surface area contributed by atoms with E-state index in [1.807, 2.05) is 25.1 Å². The van der Waals surface area contributed by atoms with E-state index < -0.39 is 11.9 Å². The molecule has 114 valence electrons. The van der Waals surface area contributed by atoms with Gasteiger partial charge in [0.05, 0.1) is 12.6 Å². The number of para-hydroxylation sites is 1. The number of methoxy groups -OCH3 is 1. The van der Waals surface area contributed by atoms with Crippen LogP contribution in [0.1, 0.15) is 11.3 Å². The van der Waals surface area contributed by atoms with Crippen LogP contribution in [0, 0.1) is 6.92 Å². The van der Waals surface area contributed by atoms with Crippen molar-refractivity contribution < 1.29 is 17.9 Å². The quantitative estimate of drug-likeness (QED) is 0.686. The molecule has 2 aromatic heterocycles. The zero-order valence-electron chi connectivity index (χ0n) is 11.7. The van der Waals surface area contributed by atoms with E-state index in [1.54, 1.807) is 6.07 Å². The summed E-state index contributed by atoms with van der Waals surface area (Å²) in [5.74, 6) is 0.404. The van der Waals surface area contributed by atoms with Gasteiger partial charge in [-0.15, -0.1) is 11.3 Å². The number of benzene rings is 1. The number of nitrogens with zero attached hydrogens (tertiary/aromatic N) is 2. The van der Waals surface area contributed by atoms with Crippen LogP contribution in [0.4, 0.5) is 13.2 Å². The van der Waals surface area contributed by atoms with E-state index in [1.165, 1.54) is 7.11 Å². The average molecular weight is 324 g/mol. The lowest BCUT2D eigenvalue weighted by atomic mass is 10.1. The maximum atomic E-state index is 12.7. The summed E-state index contributed by atoms with van der Waals surface area (Å²) in [5, 5.41) is 2.04. The molecule has 0 unspecified atom stereocenters. The minimum atomic E-state index is -4.46. The number of aryl methyl sites for hydroxylation is 1. The molecular weight excluding hydrogens is 313 g/mol. The molecule has 2 heterocycles. The van der Waals surface area contributed by atoms with Crippen molar-refractivity contribution in [1.29, 1.82) is 0 Å². The molecule has 7 heteroatoms. The van der Waals surface area contributed by atoms with Gasteiger partial charge in [-0.05, 0) is 18.6 Å². The minimum Gasteiger partial charge on any atom is -0.494 e. The molecule has 0 saturated carbocycles. The molecule has 3 nitrogen and oxygen atoms in total. The molecule has 0 aliphatic carbocycles. The first-order valence-electron chi connectivity index (χ1n) is 6.37. The number of hydrogen-bond acceptors (Lipinski definition) is 4. The third kappa shape index (κ3) is 2.52. The Morgan fingerprint density at radius 1 is 1.18 bits per heavy atom. The maximum Gasteiger partial charge on any atom is 0.434 e. The topological polar surface area (TPSA) is 35.0 Å². The van der Waals surface area contributed by atoms with Crippen LogP contribution in [0.5, 0.6) is 5.75 Å². The van der Waals surface area contributed by atoms with Gasteiger partial charge < -0.3 is 4.74 Å². The second-order valence-corrected chi connectivity index (χ2v) is 5.58. The third-order valence-electron chi connectivity index (χ3n) is 3.23. The molecule has 3 rings (SSSR count). The smallest absolute Gasteiger partial charge is 0.434 e. The molecule has 0 N–H and O–H groups in total. The summed E-state index contributed by atoms with van der Waals surface area (Å²) in [7, 11) is 1.46. The fourth-order valence-corrected chi connectivity index (χ4v) is 2.97. The van der Waals surface area contributed by atoms with Crippen molar-refractivity contribution in [2.75, 3.05) is 7.11 Å². The molecule has 0 fully saturated rings. The summed E-state index contributed by atoms with van der Waals surface area (Å²) < 4.78 is 43.4. The number of ether oxygens (including phenoxy) is 1. The monoisotopic (exact) mass is 324 g/mol. The molecule has 0 atom stereocenters. The van der Waals surface area contributed by atoms with Crippen molar-refractivity contribution in [3.05, 3.63) is 40.9 Å². The van der Waals surface area contributed by atoms with E-state index in [0.29, 0.717) is 11.4 Å². The van der Waals surface area contributed by atoms with Gasteiger partial charge in [0, 0.05) is 10.8 Å². The standard InChI is InChI=1S/C15H11F3N2OS/c1-8-4-3-5-9-6-10(21-2)13(20-12(8)9)14-19-11(7-22-14)15(16,17)18/h3-7H,1-2H3. The first kappa shape index (κ1) is 14.8. The Morgan fingerprint density at radius 2 is 1.95 bits per heavy atom. The Morgan fingerprint density at radius 3 is 2.59 bits per heavy atom. The van der Waals surface area contributed by atoms with Gasteiger partial charge in [0.15, 0.2) is 5.69 Å². The summed E-state index contributed by atoms with van der Waals surface area (Å²) >= 11 is 0.900. The van der Waals surface area contributed by atoms with Gasteiger partial charge >= 0.3 is 6.18 Å². The molecule has 0 radical (unpaired) electrons. The van der Waals surface area contributed by atoms with E-state index in [0.717, 1.165) is 33.2 Å². The summed E-state index contributed by atoms with van der Waals surface area (Å²) in [6.07, 6.45) is -4.46. The Hall–Kier alpha value is -2.15. The van der Waals surface area contributed by atoms with E-state index in [4.69, 9.17) is 4.74 Å². The van der Waals surface area contributed by atoms with Gasteiger partial charge in [0.25, 0.3) is 0 Å². The Bertz CT molecular complexity index is 842. The second kappa shape index (κ2) is 5.24. The largest absolute Gasteiger partial charge is 0.494 e. The van der Waals surface area contributed by atoms with E-state index in [2.05, 4.69) is 9.97 Å². The molecule has 0 aliphatic rings. The number of alkyl halides is 3. The first-order chi connectivity index (χ1) is 10.4. The third-order valence-corrected chi connectivity index (χ3v) is 4.08. The number of rotatable bonds is 2. The Labute approximate surface area is 128 Å². The lowest BCUT2D eigenvalue weighted by Gasteiger charge is -2.09. The van der Waals surface area contributed by atoms with Crippen molar-refractivity contribution in [2.24, 2.45) is 0 Å². The molecule has 1 aromatic carbocycles. The van der Waals surface area contributed by atoms with Crippen LogP contribution in [-0.2, 0) is 6.18 Å². The molecule has 0 aliphatic heterocycles. The molecule has 0 saturated heterocycles. The minimum absolute atomic E-state index is 0.189. The average Bonchev–Trinajstić information content (AvgIpc) is 2.96. The molecule has 3 aromatic rings. The van der Waals surface area contributed by atoms with E-state index in [9.17, 15) is 13.2 Å². The Balaban J connectivity index is 2.21. The van der Waals surface area contributed by atoms with Crippen molar-refractivity contribution in [3.8, 4) is 16.5 Å². The lowest BCUT2D eigenvalue weighted by Crippen LogP contribution is -2.05. The van der Waals surface area contributed by atoms with E-state index >= 15 is 0 Å². The van der Waals surface area contributed by atoms with Crippen LogP contribution >= 0.6 is 11.3 Å². The number of hydrogen-bond donors (Lipinski definition) is 0. The fourth-order valence-electron chi connectivity index (χ4n) is 2.15. The normalized spacial score (nSPS) is 11.9. The van der Waals surface area contributed by atoms with Gasteiger partial charge in [0.2, 0.25) is 0 Å². The second-order valence-electron chi connectivity index (χ2n) is 4.72. The fraction of sp³-hybridized carbons (Fsp3) is 0.200. The first-order valence-corrected chi connectivity index (χ1v) is 7.25. The van der Waals surface area contributed by atoms with Gasteiger partial charge in [-0.2, -0.15) is 13.2 Å². The lowest BCUT2D eigenvalue weighted by molar-refractivity contribution is -0.140. The summed E-state index contributed by atoms with van der Waals surface area (Å²) in [6.45, 7) is 1.90. The van der Waals surface area contributed by atoms with Crippen molar-refractivity contribution in [1.82, 2.24) is 9.97 Å². The Kier molecular flexibility index (Phi) is 3.52. The van der Waals surface area contributed by atoms with Crippen molar-refractivity contribution >= 4 is 22.2 Å². The molecular formula is C15H11F3N2OS.